The van der Waals surface area contributed by atoms with Crippen molar-refractivity contribution >= 4 is 26.2 Å². The van der Waals surface area contributed by atoms with Crippen LogP contribution in [0, 0.1) is 0 Å². The van der Waals surface area contributed by atoms with Crippen molar-refractivity contribution < 1.29 is 28.7 Å². The molecule has 0 saturated heterocycles. The van der Waals surface area contributed by atoms with Crippen molar-refractivity contribution in [2.24, 2.45) is 0 Å². The summed E-state index contributed by atoms with van der Waals surface area (Å²) in [6.07, 6.45) is 1.32. The Hall–Kier alpha value is -1.63. The van der Waals surface area contributed by atoms with E-state index < -0.39 is 20.3 Å². The number of carbonyl (C=O) groups excluding carboxylic acids is 2. The molecule has 0 aromatic rings. The standard InChI is InChI=1S/C18H32O6Si/c1-12(2)25(13(3)4,14(5)6)24-17(21)9-8-10-23-18(22)15(7)11-16(19)20/h11-14H,8-10H2,1-7H3,(H,19,20)/b15-11-. The maximum absolute atomic E-state index is 12.3. The van der Waals surface area contributed by atoms with Gasteiger partial charge >= 0.3 is 11.9 Å². The molecule has 6 nitrogen and oxygen atoms in total. The van der Waals surface area contributed by atoms with Gasteiger partial charge in [0.15, 0.2) is 0 Å². The van der Waals surface area contributed by atoms with Gasteiger partial charge < -0.3 is 14.3 Å². The molecular formula is C18H32O6Si. The fourth-order valence-corrected chi connectivity index (χ4v) is 8.54. The number of hydrogen-bond acceptors (Lipinski definition) is 5. The van der Waals surface area contributed by atoms with Gasteiger partial charge in [-0.15, -0.1) is 0 Å². The summed E-state index contributed by atoms with van der Waals surface area (Å²) >= 11 is 0. The molecule has 25 heavy (non-hydrogen) atoms. The lowest BCUT2D eigenvalue weighted by Gasteiger charge is -2.41. The Labute approximate surface area is 151 Å². The Morgan fingerprint density at radius 1 is 1.00 bits per heavy atom. The summed E-state index contributed by atoms with van der Waals surface area (Å²) in [5, 5.41) is 8.58. The van der Waals surface area contributed by atoms with Gasteiger partial charge in [0.05, 0.1) is 6.61 Å². The van der Waals surface area contributed by atoms with Crippen molar-refractivity contribution in [3.63, 3.8) is 0 Å². The summed E-state index contributed by atoms with van der Waals surface area (Å²) in [5.41, 5.74) is 0.968. The van der Waals surface area contributed by atoms with E-state index in [1.165, 1.54) is 6.92 Å². The van der Waals surface area contributed by atoms with Crippen LogP contribution in [0.5, 0.6) is 0 Å². The van der Waals surface area contributed by atoms with Gasteiger partial charge in [0.25, 0.3) is 14.3 Å². The van der Waals surface area contributed by atoms with Crippen molar-refractivity contribution in [2.75, 3.05) is 6.61 Å². The smallest absolute Gasteiger partial charge is 0.333 e. The van der Waals surface area contributed by atoms with E-state index in [1.807, 2.05) is 0 Å². The molecule has 0 rings (SSSR count). The molecule has 0 fully saturated rings. The average Bonchev–Trinajstić information content (AvgIpc) is 2.46. The van der Waals surface area contributed by atoms with Crippen LogP contribution in [0.2, 0.25) is 16.6 Å². The minimum absolute atomic E-state index is 0.0147. The first kappa shape index (κ1) is 23.4. The predicted molar refractivity (Wildman–Crippen MR) is 98.7 cm³/mol. The van der Waals surface area contributed by atoms with Gasteiger partial charge in [-0.2, -0.15) is 0 Å². The van der Waals surface area contributed by atoms with Gasteiger partial charge in [0.2, 0.25) is 0 Å². The van der Waals surface area contributed by atoms with Gasteiger partial charge in [0, 0.05) is 18.1 Å². The number of ether oxygens (including phenoxy) is 1. The Bertz CT molecular complexity index is 486. The Morgan fingerprint density at radius 2 is 1.48 bits per heavy atom. The van der Waals surface area contributed by atoms with Crippen molar-refractivity contribution in [2.45, 2.75) is 77.9 Å². The summed E-state index contributed by atoms with van der Waals surface area (Å²) in [6, 6.07) is 0. The van der Waals surface area contributed by atoms with E-state index in [2.05, 4.69) is 41.5 Å². The maximum atomic E-state index is 12.3. The minimum atomic E-state index is -2.24. The van der Waals surface area contributed by atoms with E-state index in [0.29, 0.717) is 23.0 Å². The predicted octanol–water partition coefficient (Wildman–Crippen LogP) is 4.06. The van der Waals surface area contributed by atoms with Crippen LogP contribution in [0.3, 0.4) is 0 Å². The molecule has 0 spiro atoms. The van der Waals surface area contributed by atoms with E-state index in [4.69, 9.17) is 14.3 Å². The zero-order valence-electron chi connectivity index (χ0n) is 16.4. The van der Waals surface area contributed by atoms with Gasteiger partial charge in [0.1, 0.15) is 0 Å². The third-order valence-corrected chi connectivity index (χ3v) is 10.4. The highest BCUT2D eigenvalue weighted by atomic mass is 28.4. The van der Waals surface area contributed by atoms with Gasteiger partial charge in [-0.1, -0.05) is 41.5 Å². The summed E-state index contributed by atoms with van der Waals surface area (Å²) in [5.74, 6) is -2.14. The third-order valence-electron chi connectivity index (χ3n) is 4.42. The van der Waals surface area contributed by atoms with Crippen LogP contribution in [-0.4, -0.2) is 37.9 Å². The second-order valence-corrected chi connectivity index (χ2v) is 12.6. The molecule has 0 aromatic carbocycles. The van der Waals surface area contributed by atoms with Crippen molar-refractivity contribution in [3.8, 4) is 0 Å². The molecule has 0 aliphatic heterocycles. The van der Waals surface area contributed by atoms with Crippen molar-refractivity contribution in [3.05, 3.63) is 11.6 Å². The van der Waals surface area contributed by atoms with E-state index >= 15 is 0 Å². The fraction of sp³-hybridized carbons (Fsp3) is 0.722. The molecule has 0 aliphatic carbocycles. The third kappa shape index (κ3) is 7.02. The first-order valence-electron chi connectivity index (χ1n) is 8.75. The lowest BCUT2D eigenvalue weighted by molar-refractivity contribution is -0.141. The van der Waals surface area contributed by atoms with Gasteiger partial charge in [-0.05, 0) is 30.0 Å². The lowest BCUT2D eigenvalue weighted by Crippen LogP contribution is -2.49. The minimum Gasteiger partial charge on any atom is -0.518 e. The van der Waals surface area contributed by atoms with Crippen LogP contribution in [-0.2, 0) is 23.5 Å². The zero-order valence-corrected chi connectivity index (χ0v) is 17.4. The normalized spacial score (nSPS) is 12.6. The van der Waals surface area contributed by atoms with Crippen molar-refractivity contribution in [1.82, 2.24) is 0 Å². The maximum Gasteiger partial charge on any atom is 0.333 e. The molecule has 0 atom stereocenters. The van der Waals surface area contributed by atoms with Crippen LogP contribution < -0.4 is 0 Å². The highest BCUT2D eigenvalue weighted by molar-refractivity contribution is 6.78. The molecule has 0 aliphatic rings. The van der Waals surface area contributed by atoms with Gasteiger partial charge in [-0.25, -0.2) is 9.59 Å². The number of aliphatic carboxylic acids is 1. The number of carboxylic acids is 1. The fourth-order valence-electron chi connectivity index (χ4n) is 3.34. The monoisotopic (exact) mass is 372 g/mol. The molecule has 0 radical (unpaired) electrons. The van der Waals surface area contributed by atoms with Crippen LogP contribution >= 0.6 is 0 Å². The first-order valence-corrected chi connectivity index (χ1v) is 10.9. The molecular weight excluding hydrogens is 340 g/mol. The quantitative estimate of drug-likeness (QED) is 0.269. The highest BCUT2D eigenvalue weighted by Crippen LogP contribution is 2.42. The topological polar surface area (TPSA) is 89.9 Å². The highest BCUT2D eigenvalue weighted by Gasteiger charge is 2.47. The summed E-state index contributed by atoms with van der Waals surface area (Å²) in [6.45, 7) is 14.1. The number of carboxylic acid groups (broad SMARTS) is 1. The molecule has 0 heterocycles. The molecule has 0 saturated carbocycles. The number of carbonyl (C=O) groups is 3. The summed E-state index contributed by atoms with van der Waals surface area (Å²) in [4.78, 5) is 34.3. The second kappa shape index (κ2) is 10.4. The number of rotatable bonds is 10. The van der Waals surface area contributed by atoms with Crippen LogP contribution in [0.25, 0.3) is 0 Å². The zero-order chi connectivity index (χ0) is 19.8. The lowest BCUT2D eigenvalue weighted by atomic mass is 10.3. The molecule has 0 amide bonds. The van der Waals surface area contributed by atoms with Crippen LogP contribution in [0.4, 0.5) is 0 Å². The summed E-state index contributed by atoms with van der Waals surface area (Å²) in [7, 11) is -2.24. The Balaban J connectivity index is 4.57. The van der Waals surface area contributed by atoms with E-state index in [1.54, 1.807) is 0 Å². The Kier molecular flexibility index (Phi) is 9.70. The van der Waals surface area contributed by atoms with E-state index in [0.717, 1.165) is 6.08 Å². The van der Waals surface area contributed by atoms with Crippen LogP contribution in [0.15, 0.2) is 11.6 Å². The first-order chi connectivity index (χ1) is 11.4. The number of esters is 1. The molecule has 144 valence electrons. The molecule has 1 N–H and O–H groups in total. The Morgan fingerprint density at radius 3 is 1.88 bits per heavy atom. The second-order valence-electron chi connectivity index (χ2n) is 7.20. The van der Waals surface area contributed by atoms with Crippen molar-refractivity contribution in [1.29, 1.82) is 0 Å². The largest absolute Gasteiger partial charge is 0.518 e. The van der Waals surface area contributed by atoms with Gasteiger partial charge in [-0.3, -0.25) is 4.79 Å². The van der Waals surface area contributed by atoms with Crippen LogP contribution in [0.1, 0.15) is 61.3 Å². The van der Waals surface area contributed by atoms with E-state index in [9.17, 15) is 14.4 Å². The molecule has 0 aromatic heterocycles. The SMILES string of the molecule is C/C(=C/C(=O)O)C(=O)OCCCC(=O)O[Si](C(C)C)(C(C)C)C(C)C. The summed E-state index contributed by atoms with van der Waals surface area (Å²) < 4.78 is 11.0. The van der Waals surface area contributed by atoms with E-state index in [-0.39, 0.29) is 24.6 Å². The number of hydrogen-bond donors (Lipinski definition) is 1. The molecule has 0 bridgehead atoms. The average molecular weight is 373 g/mol. The molecule has 0 unspecified atom stereocenters. The molecule has 7 heteroatoms.